The Bertz CT molecular complexity index is 806. The Morgan fingerprint density at radius 3 is 2.54 bits per heavy atom. The molecule has 1 N–H and O–H groups in total. The van der Waals surface area contributed by atoms with Gasteiger partial charge in [-0.05, 0) is 48.4 Å². The van der Waals surface area contributed by atoms with Gasteiger partial charge in [-0.2, -0.15) is 5.10 Å². The molecule has 1 fully saturated rings. The summed E-state index contributed by atoms with van der Waals surface area (Å²) in [5.74, 6) is 1.07. The summed E-state index contributed by atoms with van der Waals surface area (Å²) in [6.45, 7) is 2.19. The van der Waals surface area contributed by atoms with Crippen molar-refractivity contribution in [3.63, 3.8) is 0 Å². The van der Waals surface area contributed by atoms with E-state index in [0.29, 0.717) is 5.92 Å². The fourth-order valence-corrected chi connectivity index (χ4v) is 4.03. The molecule has 1 aliphatic carbocycles. The van der Waals surface area contributed by atoms with Gasteiger partial charge in [0.1, 0.15) is 5.71 Å². The van der Waals surface area contributed by atoms with Gasteiger partial charge in [-0.1, -0.05) is 50.5 Å². The van der Waals surface area contributed by atoms with E-state index in [4.69, 9.17) is 5.10 Å². The van der Waals surface area contributed by atoms with Gasteiger partial charge in [-0.3, -0.25) is 5.43 Å². The highest BCUT2D eigenvalue weighted by Crippen LogP contribution is 2.36. The van der Waals surface area contributed by atoms with Gasteiger partial charge in [-0.15, -0.1) is 0 Å². The summed E-state index contributed by atoms with van der Waals surface area (Å²) in [4.78, 5) is 8.93. The van der Waals surface area contributed by atoms with Gasteiger partial charge in [0.2, 0.25) is 0 Å². The topological polar surface area (TPSA) is 50.2 Å². The largest absolute Gasteiger partial charge is 0.278 e. The van der Waals surface area contributed by atoms with Crippen molar-refractivity contribution in [1.82, 2.24) is 15.4 Å². The van der Waals surface area contributed by atoms with E-state index in [2.05, 4.69) is 46.6 Å². The third kappa shape index (κ3) is 3.41. The van der Waals surface area contributed by atoms with E-state index in [9.17, 15) is 0 Å². The smallest absolute Gasteiger partial charge is 0.176 e. The molecule has 4 heteroatoms. The molecular weight excluding hydrogens is 320 g/mol. The van der Waals surface area contributed by atoms with Crippen LogP contribution in [0.3, 0.4) is 0 Å². The molecule has 26 heavy (non-hydrogen) atoms. The summed E-state index contributed by atoms with van der Waals surface area (Å²) < 4.78 is 0. The molecule has 1 saturated carbocycles. The van der Waals surface area contributed by atoms with E-state index in [1.165, 1.54) is 48.1 Å². The Balaban J connectivity index is 1.74. The number of hydrogen-bond donors (Lipinski definition) is 1. The molecule has 0 radical (unpaired) electrons. The highest BCUT2D eigenvalue weighted by Gasteiger charge is 2.30. The van der Waals surface area contributed by atoms with Gasteiger partial charge in [0.15, 0.2) is 5.82 Å². The van der Waals surface area contributed by atoms with Gasteiger partial charge >= 0.3 is 0 Å². The summed E-state index contributed by atoms with van der Waals surface area (Å²) in [7, 11) is 0. The Labute approximate surface area is 155 Å². The first kappa shape index (κ1) is 17.0. The minimum Gasteiger partial charge on any atom is -0.278 e. The highest BCUT2D eigenvalue weighted by molar-refractivity contribution is 6.03. The lowest BCUT2D eigenvalue weighted by molar-refractivity contribution is 0.520. The number of fused-ring (bicyclic) bond motifs is 1. The number of nitrogens with one attached hydrogen (secondary N) is 1. The predicted molar refractivity (Wildman–Crippen MR) is 106 cm³/mol. The molecule has 1 aromatic carbocycles. The van der Waals surface area contributed by atoms with Crippen LogP contribution in [0.25, 0.3) is 5.70 Å². The van der Waals surface area contributed by atoms with Crippen LogP contribution in [0.1, 0.15) is 62.4 Å². The van der Waals surface area contributed by atoms with Crippen LogP contribution in [-0.2, 0) is 6.42 Å². The number of hydrazone groups is 1. The zero-order chi connectivity index (χ0) is 17.8. The second-order valence-electron chi connectivity index (χ2n) is 7.14. The number of nitrogens with zero attached hydrogens (tertiary/aromatic N) is 3. The molecule has 1 aromatic heterocycles. The summed E-state index contributed by atoms with van der Waals surface area (Å²) in [6.07, 6.45) is 12.0. The summed E-state index contributed by atoms with van der Waals surface area (Å²) in [5.41, 5.74) is 9.63. The molecule has 4 rings (SSSR count). The molecule has 134 valence electrons. The third-order valence-electron chi connectivity index (χ3n) is 5.49. The average Bonchev–Trinajstić information content (AvgIpc) is 2.68. The third-order valence-corrected chi connectivity index (χ3v) is 5.49. The van der Waals surface area contributed by atoms with Crippen LogP contribution < -0.4 is 5.43 Å². The molecular formula is C22H26N4. The lowest BCUT2D eigenvalue weighted by Gasteiger charge is -2.30. The molecule has 4 nitrogen and oxygen atoms in total. The van der Waals surface area contributed by atoms with Gasteiger partial charge in [0.05, 0.1) is 5.70 Å². The quantitative estimate of drug-likeness (QED) is 0.874. The average molecular weight is 346 g/mol. The molecule has 1 aliphatic heterocycles. The van der Waals surface area contributed by atoms with Crippen molar-refractivity contribution in [2.24, 2.45) is 11.0 Å². The van der Waals surface area contributed by atoms with Gasteiger partial charge < -0.3 is 0 Å². The molecule has 2 aromatic rings. The maximum atomic E-state index is 4.74. The van der Waals surface area contributed by atoms with E-state index in [1.807, 2.05) is 6.07 Å². The molecule has 0 bridgehead atoms. The van der Waals surface area contributed by atoms with Crippen molar-refractivity contribution in [3.05, 3.63) is 65.2 Å². The zero-order valence-electron chi connectivity index (χ0n) is 15.4. The maximum absolute atomic E-state index is 4.74. The minimum atomic E-state index is 0.319. The number of aromatic nitrogens is 2. The number of benzene rings is 1. The van der Waals surface area contributed by atoms with Gasteiger partial charge in [-0.25, -0.2) is 9.97 Å². The first-order valence-electron chi connectivity index (χ1n) is 9.80. The lowest BCUT2D eigenvalue weighted by Crippen LogP contribution is -2.30. The van der Waals surface area contributed by atoms with E-state index < -0.39 is 0 Å². The number of aryl methyl sites for hydroxylation is 1. The van der Waals surface area contributed by atoms with Crippen LogP contribution in [0.15, 0.2) is 53.4 Å². The van der Waals surface area contributed by atoms with Crippen LogP contribution >= 0.6 is 0 Å². The first-order chi connectivity index (χ1) is 12.9. The summed E-state index contributed by atoms with van der Waals surface area (Å²) in [6, 6.07) is 10.8. The molecule has 1 atom stereocenters. The van der Waals surface area contributed by atoms with E-state index in [1.54, 1.807) is 12.4 Å². The lowest BCUT2D eigenvalue weighted by atomic mass is 9.80. The van der Waals surface area contributed by atoms with Crippen LogP contribution in [-0.4, -0.2) is 15.7 Å². The van der Waals surface area contributed by atoms with Crippen molar-refractivity contribution >= 4 is 11.4 Å². The fraction of sp³-hybridized carbons (Fsp3) is 0.409. The Kier molecular flexibility index (Phi) is 5.09. The SMILES string of the molecule is CCc1ccc(C2=C3CCCCCCC3C(c3ncccn3)=NN2)cc1. The van der Waals surface area contributed by atoms with Crippen LogP contribution in [0.4, 0.5) is 0 Å². The first-order valence-corrected chi connectivity index (χ1v) is 9.80. The number of rotatable bonds is 3. The van der Waals surface area contributed by atoms with Crippen LogP contribution in [0.5, 0.6) is 0 Å². The van der Waals surface area contributed by atoms with E-state index in [-0.39, 0.29) is 0 Å². The molecule has 1 unspecified atom stereocenters. The summed E-state index contributed by atoms with van der Waals surface area (Å²) in [5, 5.41) is 4.74. The summed E-state index contributed by atoms with van der Waals surface area (Å²) >= 11 is 0. The Morgan fingerprint density at radius 2 is 1.77 bits per heavy atom. The van der Waals surface area contributed by atoms with Gasteiger partial charge in [0, 0.05) is 18.3 Å². The molecule has 0 amide bonds. The van der Waals surface area contributed by atoms with Crippen molar-refractivity contribution in [1.29, 1.82) is 0 Å². The van der Waals surface area contributed by atoms with Crippen molar-refractivity contribution in [3.8, 4) is 0 Å². The minimum absolute atomic E-state index is 0.319. The van der Waals surface area contributed by atoms with E-state index >= 15 is 0 Å². The van der Waals surface area contributed by atoms with Crippen LogP contribution in [0, 0.1) is 5.92 Å². The highest BCUT2D eigenvalue weighted by atomic mass is 15.3. The Morgan fingerprint density at radius 1 is 1.00 bits per heavy atom. The monoisotopic (exact) mass is 346 g/mol. The molecule has 0 spiro atoms. The normalized spacial score (nSPS) is 20.5. The maximum Gasteiger partial charge on any atom is 0.176 e. The van der Waals surface area contributed by atoms with Gasteiger partial charge in [0.25, 0.3) is 0 Å². The van der Waals surface area contributed by atoms with E-state index in [0.717, 1.165) is 30.8 Å². The second kappa shape index (κ2) is 7.81. The molecule has 2 heterocycles. The van der Waals surface area contributed by atoms with Crippen LogP contribution in [0.2, 0.25) is 0 Å². The Hall–Kier alpha value is -2.49. The molecule has 0 saturated heterocycles. The molecule has 2 aliphatic rings. The predicted octanol–water partition coefficient (Wildman–Crippen LogP) is 4.73. The second-order valence-corrected chi connectivity index (χ2v) is 7.14. The standard InChI is InChI=1S/C22H26N4/c1-2-16-10-12-17(13-11-16)20-18-8-5-3-4-6-9-19(18)21(26-25-20)22-23-14-7-15-24-22/h7,10-15,19,25H,2-6,8-9H2,1H3. The number of hydrogen-bond acceptors (Lipinski definition) is 4. The fourth-order valence-electron chi connectivity index (χ4n) is 4.03. The van der Waals surface area contributed by atoms with Crippen molar-refractivity contribution in [2.75, 3.05) is 0 Å². The zero-order valence-corrected chi connectivity index (χ0v) is 15.4. The van der Waals surface area contributed by atoms with Crippen molar-refractivity contribution in [2.45, 2.75) is 51.9 Å². The van der Waals surface area contributed by atoms with Crippen molar-refractivity contribution < 1.29 is 0 Å². The number of allylic oxidation sites excluding steroid dienone is 1.